The zero-order valence-corrected chi connectivity index (χ0v) is 6.68. The third-order valence-electron chi connectivity index (χ3n) is 2.88. The minimum absolute atomic E-state index is 0.549. The maximum absolute atomic E-state index is 5.77. The van der Waals surface area contributed by atoms with Gasteiger partial charge >= 0.3 is 0 Å². The van der Waals surface area contributed by atoms with Gasteiger partial charge in [0.25, 0.3) is 0 Å². The van der Waals surface area contributed by atoms with Crippen LogP contribution in [0.5, 0.6) is 0 Å². The quantitative estimate of drug-likeness (QED) is 0.502. The molecule has 0 radical (unpaired) electrons. The van der Waals surface area contributed by atoms with E-state index in [9.17, 15) is 0 Å². The minimum atomic E-state index is 0.549. The van der Waals surface area contributed by atoms with Gasteiger partial charge in [-0.3, -0.25) is 0 Å². The van der Waals surface area contributed by atoms with Crippen molar-refractivity contribution in [1.29, 1.82) is 0 Å². The van der Waals surface area contributed by atoms with Gasteiger partial charge in [0, 0.05) is 0 Å². The predicted octanol–water partition coefficient (Wildman–Crippen LogP) is 2.35. The van der Waals surface area contributed by atoms with E-state index in [0.29, 0.717) is 12.2 Å². The van der Waals surface area contributed by atoms with Crippen molar-refractivity contribution in [3.05, 3.63) is 0 Å². The molecule has 1 heterocycles. The number of hydrogen-bond donors (Lipinski definition) is 0. The average molecular weight is 140 g/mol. The van der Waals surface area contributed by atoms with E-state index in [-0.39, 0.29) is 0 Å². The van der Waals surface area contributed by atoms with Crippen molar-refractivity contribution in [2.45, 2.75) is 51.2 Å². The highest BCUT2D eigenvalue weighted by Gasteiger charge is 2.34. The van der Waals surface area contributed by atoms with Crippen molar-refractivity contribution in [2.75, 3.05) is 0 Å². The molecule has 0 bridgehead atoms. The van der Waals surface area contributed by atoms with Crippen LogP contribution in [-0.2, 0) is 4.74 Å². The summed E-state index contributed by atoms with van der Waals surface area (Å²) in [6.07, 6.45) is 8.11. The molecule has 0 spiro atoms. The van der Waals surface area contributed by atoms with Crippen LogP contribution in [0.3, 0.4) is 0 Å². The average Bonchev–Trinajstić information content (AvgIpc) is 2.27. The van der Waals surface area contributed by atoms with Crippen LogP contribution >= 0.6 is 0 Å². The van der Waals surface area contributed by atoms with E-state index in [1.54, 1.807) is 0 Å². The molecule has 1 nitrogen and oxygen atoms in total. The van der Waals surface area contributed by atoms with Crippen LogP contribution in [0.4, 0.5) is 0 Å². The third kappa shape index (κ3) is 1.07. The molecule has 2 fully saturated rings. The Kier molecular flexibility index (Phi) is 1.69. The van der Waals surface area contributed by atoms with Crippen LogP contribution in [-0.4, -0.2) is 12.2 Å². The van der Waals surface area contributed by atoms with Gasteiger partial charge < -0.3 is 4.74 Å². The highest BCUT2D eigenvalue weighted by atomic mass is 16.5. The molecule has 0 aromatic rings. The molecule has 58 valence electrons. The Morgan fingerprint density at radius 2 is 2.00 bits per heavy atom. The van der Waals surface area contributed by atoms with Crippen LogP contribution in [0.25, 0.3) is 0 Å². The highest BCUT2D eigenvalue weighted by molar-refractivity contribution is 4.83. The van der Waals surface area contributed by atoms with Crippen molar-refractivity contribution in [1.82, 2.24) is 0 Å². The first kappa shape index (κ1) is 6.66. The number of hydrogen-bond acceptors (Lipinski definition) is 1. The molecule has 2 aliphatic rings. The molecule has 2 rings (SSSR count). The minimum Gasteiger partial charge on any atom is -0.375 e. The van der Waals surface area contributed by atoms with Crippen LogP contribution in [0.1, 0.15) is 39.0 Å². The van der Waals surface area contributed by atoms with Gasteiger partial charge in [-0.1, -0.05) is 12.8 Å². The van der Waals surface area contributed by atoms with Crippen molar-refractivity contribution in [3.63, 3.8) is 0 Å². The Hall–Kier alpha value is -0.0400. The van der Waals surface area contributed by atoms with Gasteiger partial charge in [0.15, 0.2) is 0 Å². The van der Waals surface area contributed by atoms with Crippen LogP contribution in [0, 0.1) is 5.92 Å². The van der Waals surface area contributed by atoms with Crippen molar-refractivity contribution in [3.8, 4) is 0 Å². The van der Waals surface area contributed by atoms with E-state index in [1.807, 2.05) is 0 Å². The second kappa shape index (κ2) is 2.54. The molecule has 1 aliphatic heterocycles. The lowest BCUT2D eigenvalue weighted by Gasteiger charge is -2.23. The van der Waals surface area contributed by atoms with Crippen molar-refractivity contribution in [2.24, 2.45) is 5.92 Å². The fraction of sp³-hybridized carbons (Fsp3) is 1.00. The summed E-state index contributed by atoms with van der Waals surface area (Å²) in [6, 6.07) is 0. The standard InChI is InChI=1S/C9H16O/c1-7-6-8-4-2-3-5-9(8)10-7/h7-9H,2-6H2,1H3. The van der Waals surface area contributed by atoms with Crippen LogP contribution < -0.4 is 0 Å². The molecule has 1 saturated heterocycles. The lowest BCUT2D eigenvalue weighted by atomic mass is 9.86. The maximum Gasteiger partial charge on any atom is 0.0607 e. The normalized spacial score (nSPS) is 47.1. The number of fused-ring (bicyclic) bond motifs is 1. The fourth-order valence-electron chi connectivity index (χ4n) is 2.40. The summed E-state index contributed by atoms with van der Waals surface area (Å²) >= 11 is 0. The molecular formula is C9H16O. The number of ether oxygens (including phenoxy) is 1. The second-order valence-corrected chi connectivity index (χ2v) is 3.77. The van der Waals surface area contributed by atoms with E-state index >= 15 is 0 Å². The Morgan fingerprint density at radius 3 is 2.80 bits per heavy atom. The monoisotopic (exact) mass is 140 g/mol. The molecule has 10 heavy (non-hydrogen) atoms. The molecule has 1 saturated carbocycles. The Bertz CT molecular complexity index is 108. The van der Waals surface area contributed by atoms with Gasteiger partial charge in [-0.25, -0.2) is 0 Å². The summed E-state index contributed by atoms with van der Waals surface area (Å²) in [5.74, 6) is 0.920. The van der Waals surface area contributed by atoms with Crippen molar-refractivity contribution >= 4 is 0 Å². The number of rotatable bonds is 0. The summed E-state index contributed by atoms with van der Waals surface area (Å²) in [6.45, 7) is 2.21. The molecule has 1 heteroatoms. The van der Waals surface area contributed by atoms with E-state index < -0.39 is 0 Å². The lowest BCUT2D eigenvalue weighted by Crippen LogP contribution is -2.19. The molecule has 0 aromatic heterocycles. The SMILES string of the molecule is CC1CC2CCCCC2O1. The van der Waals surface area contributed by atoms with Crippen molar-refractivity contribution < 1.29 is 4.74 Å². The van der Waals surface area contributed by atoms with E-state index in [1.165, 1.54) is 32.1 Å². The van der Waals surface area contributed by atoms with Gasteiger partial charge in [0.1, 0.15) is 0 Å². The lowest BCUT2D eigenvalue weighted by molar-refractivity contribution is 0.0272. The third-order valence-corrected chi connectivity index (χ3v) is 2.88. The summed E-state index contributed by atoms with van der Waals surface area (Å²) in [4.78, 5) is 0. The van der Waals surface area contributed by atoms with E-state index in [0.717, 1.165) is 5.92 Å². The van der Waals surface area contributed by atoms with Gasteiger partial charge in [0.2, 0.25) is 0 Å². The molecule has 0 N–H and O–H groups in total. The summed E-state index contributed by atoms with van der Waals surface area (Å²) in [7, 11) is 0. The highest BCUT2D eigenvalue weighted by Crippen LogP contribution is 2.36. The first-order chi connectivity index (χ1) is 4.86. The zero-order valence-electron chi connectivity index (χ0n) is 6.68. The zero-order chi connectivity index (χ0) is 6.97. The van der Waals surface area contributed by atoms with Gasteiger partial charge in [-0.15, -0.1) is 0 Å². The molecule has 0 aromatic carbocycles. The molecule has 1 aliphatic carbocycles. The van der Waals surface area contributed by atoms with Gasteiger partial charge in [0.05, 0.1) is 12.2 Å². The van der Waals surface area contributed by atoms with Gasteiger partial charge in [-0.2, -0.15) is 0 Å². The molecule has 3 unspecified atom stereocenters. The largest absolute Gasteiger partial charge is 0.375 e. The maximum atomic E-state index is 5.77. The molecule has 0 amide bonds. The fourth-order valence-corrected chi connectivity index (χ4v) is 2.40. The smallest absolute Gasteiger partial charge is 0.0607 e. The van der Waals surface area contributed by atoms with Crippen LogP contribution in [0.15, 0.2) is 0 Å². The Labute approximate surface area is 62.8 Å². The summed E-state index contributed by atoms with van der Waals surface area (Å²) in [5, 5.41) is 0. The Morgan fingerprint density at radius 1 is 1.20 bits per heavy atom. The van der Waals surface area contributed by atoms with Gasteiger partial charge in [-0.05, 0) is 32.1 Å². The van der Waals surface area contributed by atoms with Crippen LogP contribution in [0.2, 0.25) is 0 Å². The molecule has 3 atom stereocenters. The topological polar surface area (TPSA) is 9.23 Å². The Balaban J connectivity index is 1.97. The van der Waals surface area contributed by atoms with E-state index in [4.69, 9.17) is 4.74 Å². The molecular weight excluding hydrogens is 124 g/mol. The summed E-state index contributed by atoms with van der Waals surface area (Å²) < 4.78 is 5.77. The van der Waals surface area contributed by atoms with E-state index in [2.05, 4.69) is 6.92 Å². The summed E-state index contributed by atoms with van der Waals surface area (Å²) in [5.41, 5.74) is 0. The predicted molar refractivity (Wildman–Crippen MR) is 40.9 cm³/mol. The first-order valence-electron chi connectivity index (χ1n) is 4.52. The second-order valence-electron chi connectivity index (χ2n) is 3.77. The first-order valence-corrected chi connectivity index (χ1v) is 4.52.